The number of urea groups is 1. The van der Waals surface area contributed by atoms with Crippen LogP contribution in [-0.4, -0.2) is 70.3 Å². The molecule has 236 valence electrons. The zero-order valence-electron chi connectivity index (χ0n) is 26.2. The van der Waals surface area contributed by atoms with Crippen molar-refractivity contribution in [3.05, 3.63) is 47.3 Å². The minimum Gasteiger partial charge on any atom is -0.467 e. The molecule has 2 heterocycles. The summed E-state index contributed by atoms with van der Waals surface area (Å²) < 4.78 is 6.78. The van der Waals surface area contributed by atoms with Gasteiger partial charge in [-0.25, -0.2) is 9.59 Å². The van der Waals surface area contributed by atoms with Gasteiger partial charge in [0.25, 0.3) is 5.91 Å². The number of fused-ring (bicyclic) bond motifs is 1. The molecule has 2 aromatic rings. The summed E-state index contributed by atoms with van der Waals surface area (Å²) in [5, 5.41) is 13.2. The van der Waals surface area contributed by atoms with E-state index in [9.17, 15) is 19.2 Å². The van der Waals surface area contributed by atoms with Crippen molar-refractivity contribution < 1.29 is 23.9 Å². The number of nitrogens with one attached hydrogen (secondary N) is 3. The first-order chi connectivity index (χ1) is 21.0. The molecule has 44 heavy (non-hydrogen) atoms. The van der Waals surface area contributed by atoms with Crippen molar-refractivity contribution in [3.63, 3.8) is 0 Å². The molecule has 1 saturated heterocycles. The van der Waals surface area contributed by atoms with E-state index < -0.39 is 17.6 Å². The van der Waals surface area contributed by atoms with Crippen molar-refractivity contribution in [2.75, 3.05) is 25.5 Å². The molecular formula is C33H44N6O5. The lowest BCUT2D eigenvalue weighted by Crippen LogP contribution is -2.65. The summed E-state index contributed by atoms with van der Waals surface area (Å²) in [5.74, 6) is 0.184. The fourth-order valence-electron chi connectivity index (χ4n) is 7.62. The average molecular weight is 605 g/mol. The molecule has 0 bridgehead atoms. The van der Waals surface area contributed by atoms with Crippen molar-refractivity contribution in [3.8, 4) is 0 Å². The maximum Gasteiger partial charge on any atom is 0.332 e. The van der Waals surface area contributed by atoms with E-state index in [4.69, 9.17) is 4.74 Å². The summed E-state index contributed by atoms with van der Waals surface area (Å²) in [4.78, 5) is 55.2. The van der Waals surface area contributed by atoms with Gasteiger partial charge in [-0.15, -0.1) is 0 Å². The van der Waals surface area contributed by atoms with Crippen LogP contribution in [0.15, 0.2) is 30.5 Å². The maximum absolute atomic E-state index is 13.9. The van der Waals surface area contributed by atoms with Gasteiger partial charge in [-0.3, -0.25) is 14.3 Å². The number of rotatable bonds is 8. The SMILES string of the molecule is COC(=O)C1(N2CC3(CC3)CNC2=O)Cc2ccc(NC(=O)C(NC(=O)c3ccnn3C)C3CCC(C(C)C)CC3)cc2C1. The first-order valence-corrected chi connectivity index (χ1v) is 15.9. The molecule has 1 spiro atoms. The molecule has 2 saturated carbocycles. The van der Waals surface area contributed by atoms with Gasteiger partial charge in [0.15, 0.2) is 0 Å². The molecule has 4 amide bonds. The third kappa shape index (κ3) is 5.57. The van der Waals surface area contributed by atoms with Gasteiger partial charge in [-0.05, 0) is 85.6 Å². The van der Waals surface area contributed by atoms with E-state index in [0.29, 0.717) is 49.1 Å². The second-order valence-corrected chi connectivity index (χ2v) is 13.8. The van der Waals surface area contributed by atoms with Crippen LogP contribution in [0, 0.1) is 23.2 Å². The van der Waals surface area contributed by atoms with Crippen LogP contribution in [-0.2, 0) is 34.2 Å². The molecule has 11 nitrogen and oxygen atoms in total. The van der Waals surface area contributed by atoms with E-state index in [1.807, 2.05) is 18.2 Å². The average Bonchev–Trinajstić information content (AvgIpc) is 3.43. The highest BCUT2D eigenvalue weighted by Gasteiger charge is 2.58. The second-order valence-electron chi connectivity index (χ2n) is 13.8. The fourth-order valence-corrected chi connectivity index (χ4v) is 7.62. The van der Waals surface area contributed by atoms with E-state index in [1.165, 1.54) is 11.8 Å². The molecule has 4 aliphatic rings. The van der Waals surface area contributed by atoms with E-state index in [0.717, 1.165) is 49.7 Å². The lowest BCUT2D eigenvalue weighted by molar-refractivity contribution is -0.153. The molecule has 11 heteroatoms. The van der Waals surface area contributed by atoms with Gasteiger partial charge in [-0.2, -0.15) is 5.10 Å². The molecular weight excluding hydrogens is 560 g/mol. The number of ether oxygens (including phenoxy) is 1. The topological polar surface area (TPSA) is 135 Å². The Balaban J connectivity index is 1.21. The van der Waals surface area contributed by atoms with Crippen molar-refractivity contribution >= 4 is 29.5 Å². The Morgan fingerprint density at radius 3 is 2.39 bits per heavy atom. The van der Waals surface area contributed by atoms with Crippen LogP contribution in [0.4, 0.5) is 10.5 Å². The fraction of sp³-hybridized carbons (Fsp3) is 0.606. The van der Waals surface area contributed by atoms with Crippen LogP contribution in [0.1, 0.15) is 74.0 Å². The number of hydrogen-bond acceptors (Lipinski definition) is 6. The maximum atomic E-state index is 13.9. The number of carbonyl (C=O) groups is 4. The molecule has 1 aromatic heterocycles. The lowest BCUT2D eigenvalue weighted by atomic mass is 9.74. The van der Waals surface area contributed by atoms with E-state index in [1.54, 1.807) is 24.2 Å². The summed E-state index contributed by atoms with van der Waals surface area (Å²) in [7, 11) is 3.07. The van der Waals surface area contributed by atoms with Crippen LogP contribution in [0.2, 0.25) is 0 Å². The smallest absolute Gasteiger partial charge is 0.332 e. The quantitative estimate of drug-likeness (QED) is 0.395. The van der Waals surface area contributed by atoms with E-state index in [-0.39, 0.29) is 29.2 Å². The molecule has 3 N–H and O–H groups in total. The van der Waals surface area contributed by atoms with Crippen LogP contribution >= 0.6 is 0 Å². The van der Waals surface area contributed by atoms with Crippen LogP contribution in [0.25, 0.3) is 0 Å². The van der Waals surface area contributed by atoms with E-state index >= 15 is 0 Å². The van der Waals surface area contributed by atoms with Crippen molar-refractivity contribution in [2.45, 2.75) is 76.8 Å². The summed E-state index contributed by atoms with van der Waals surface area (Å²) in [6.07, 6.45) is 8.05. The monoisotopic (exact) mass is 604 g/mol. The number of hydrogen-bond donors (Lipinski definition) is 3. The lowest BCUT2D eigenvalue weighted by Gasteiger charge is -2.44. The number of methoxy groups -OCH3 is 1. The van der Waals surface area contributed by atoms with Gasteiger partial charge in [0, 0.05) is 50.3 Å². The van der Waals surface area contributed by atoms with Gasteiger partial charge in [-0.1, -0.05) is 19.9 Å². The molecule has 6 rings (SSSR count). The molecule has 2 atom stereocenters. The Morgan fingerprint density at radius 1 is 1.05 bits per heavy atom. The second kappa shape index (κ2) is 11.6. The molecule has 2 unspecified atom stereocenters. The van der Waals surface area contributed by atoms with Crippen molar-refractivity contribution in [1.82, 2.24) is 25.3 Å². The zero-order chi connectivity index (χ0) is 31.2. The number of aromatic nitrogens is 2. The zero-order valence-corrected chi connectivity index (χ0v) is 26.2. The molecule has 1 aliphatic heterocycles. The first kappa shape index (κ1) is 30.1. The Hall–Kier alpha value is -3.89. The Morgan fingerprint density at radius 2 is 1.75 bits per heavy atom. The largest absolute Gasteiger partial charge is 0.467 e. The minimum absolute atomic E-state index is 0.0101. The molecule has 3 fully saturated rings. The highest BCUT2D eigenvalue weighted by molar-refractivity contribution is 6.01. The summed E-state index contributed by atoms with van der Waals surface area (Å²) in [5.41, 5.74) is 1.73. The minimum atomic E-state index is -1.13. The van der Waals surface area contributed by atoms with Gasteiger partial charge in [0.05, 0.1) is 7.11 Å². The van der Waals surface area contributed by atoms with Gasteiger partial charge in [0.2, 0.25) is 5.91 Å². The van der Waals surface area contributed by atoms with Crippen molar-refractivity contribution in [1.29, 1.82) is 0 Å². The highest BCUT2D eigenvalue weighted by Crippen LogP contribution is 2.50. The van der Waals surface area contributed by atoms with Crippen LogP contribution in [0.5, 0.6) is 0 Å². The summed E-state index contributed by atoms with van der Waals surface area (Å²) >= 11 is 0. The van der Waals surface area contributed by atoms with E-state index in [2.05, 4.69) is 34.9 Å². The number of amides is 4. The number of anilines is 1. The molecule has 0 radical (unpaired) electrons. The Kier molecular flexibility index (Phi) is 7.92. The summed E-state index contributed by atoms with van der Waals surface area (Å²) in [6, 6.07) is 6.33. The Labute approximate surface area is 258 Å². The molecule has 3 aliphatic carbocycles. The number of esters is 1. The van der Waals surface area contributed by atoms with Crippen molar-refractivity contribution in [2.24, 2.45) is 30.2 Å². The number of nitrogens with zero attached hydrogens (tertiary/aromatic N) is 3. The molecule has 1 aromatic carbocycles. The first-order valence-electron chi connectivity index (χ1n) is 15.9. The predicted octanol–water partition coefficient (Wildman–Crippen LogP) is 3.44. The third-order valence-electron chi connectivity index (χ3n) is 10.7. The Bertz CT molecular complexity index is 1460. The predicted molar refractivity (Wildman–Crippen MR) is 164 cm³/mol. The highest BCUT2D eigenvalue weighted by atomic mass is 16.5. The summed E-state index contributed by atoms with van der Waals surface area (Å²) in [6.45, 7) is 5.65. The van der Waals surface area contributed by atoms with Gasteiger partial charge >= 0.3 is 12.0 Å². The third-order valence-corrected chi connectivity index (χ3v) is 10.7. The number of carbonyl (C=O) groups excluding carboxylic acids is 4. The standard InChI is InChI=1S/C33H44N6O5/c1-20(2)21-5-7-22(8-6-21)27(37-28(40)26-11-14-35-38(26)3)29(41)36-25-10-9-23-16-33(30(42)44-4,17-24(23)15-25)39-19-32(12-13-32)18-34-31(39)43/h9-11,14-15,20-22,27H,5-8,12-13,16-19H2,1-4H3,(H,34,43)(H,36,41)(H,37,40). The van der Waals surface area contributed by atoms with Crippen LogP contribution < -0.4 is 16.0 Å². The normalized spacial score (nSPS) is 26.1. The number of benzene rings is 1. The van der Waals surface area contributed by atoms with Gasteiger partial charge < -0.3 is 25.6 Å². The van der Waals surface area contributed by atoms with Crippen LogP contribution in [0.3, 0.4) is 0 Å². The number of aryl methyl sites for hydroxylation is 1. The van der Waals surface area contributed by atoms with Gasteiger partial charge in [0.1, 0.15) is 17.3 Å².